The second-order valence-corrected chi connectivity index (χ2v) is 12.4. The molecule has 2 heterocycles. The molecule has 1 saturated heterocycles. The van der Waals surface area contributed by atoms with E-state index in [0.29, 0.717) is 42.7 Å². The van der Waals surface area contributed by atoms with Gasteiger partial charge >= 0.3 is 6.61 Å². The van der Waals surface area contributed by atoms with E-state index >= 15 is 0 Å². The van der Waals surface area contributed by atoms with E-state index in [9.17, 15) is 25.6 Å². The number of sulfonamides is 1. The number of hydrogen-bond donors (Lipinski definition) is 0. The van der Waals surface area contributed by atoms with Gasteiger partial charge < -0.3 is 9.64 Å². The summed E-state index contributed by atoms with van der Waals surface area (Å²) in [4.78, 5) is 1.82. The van der Waals surface area contributed by atoms with Crippen molar-refractivity contribution in [2.75, 3.05) is 38.7 Å². The summed E-state index contributed by atoms with van der Waals surface area (Å²) in [6.45, 7) is -1.77. The molecule has 0 amide bonds. The third-order valence-electron chi connectivity index (χ3n) is 6.04. The van der Waals surface area contributed by atoms with Crippen LogP contribution < -0.4 is 4.90 Å². The third kappa shape index (κ3) is 5.03. The highest BCUT2D eigenvalue weighted by Crippen LogP contribution is 2.32. The van der Waals surface area contributed by atoms with Crippen LogP contribution in [0, 0.1) is 5.92 Å². The van der Waals surface area contributed by atoms with Crippen molar-refractivity contribution in [2.45, 2.75) is 29.2 Å². The van der Waals surface area contributed by atoms with E-state index in [1.54, 1.807) is 24.3 Å². The first-order valence-corrected chi connectivity index (χ1v) is 13.8. The van der Waals surface area contributed by atoms with Gasteiger partial charge in [0.05, 0.1) is 21.9 Å². The molecule has 0 saturated carbocycles. The summed E-state index contributed by atoms with van der Waals surface area (Å²) >= 11 is 0. The van der Waals surface area contributed by atoms with Crippen LogP contribution >= 0.6 is 0 Å². The number of rotatable bonds is 8. The van der Waals surface area contributed by atoms with Crippen molar-refractivity contribution < 1.29 is 30.4 Å². The SMILES string of the molecule is CN(C)S(=O)(=O)c1ccc(S(=O)(=O)n2nc(N3CCC(COC(F)F)CC3)c3ccccc32)cc1. The summed E-state index contributed by atoms with van der Waals surface area (Å²) in [6.07, 6.45) is 1.23. The number of halogens is 2. The van der Waals surface area contributed by atoms with Gasteiger partial charge in [-0.05, 0) is 55.2 Å². The Balaban J connectivity index is 1.65. The van der Waals surface area contributed by atoms with E-state index in [2.05, 4.69) is 9.84 Å². The Hall–Kier alpha value is -2.61. The average Bonchev–Trinajstić information content (AvgIpc) is 3.23. The molecule has 3 aromatic rings. The molecule has 2 aromatic carbocycles. The lowest BCUT2D eigenvalue weighted by molar-refractivity contribution is -0.139. The number of nitrogens with zero attached hydrogens (tertiary/aromatic N) is 4. The van der Waals surface area contributed by atoms with Gasteiger partial charge in [0.2, 0.25) is 10.0 Å². The van der Waals surface area contributed by atoms with Crippen LogP contribution in [0.1, 0.15) is 12.8 Å². The molecule has 1 aliphatic heterocycles. The second-order valence-electron chi connectivity index (χ2n) is 8.47. The first kappa shape index (κ1) is 25.5. The molecule has 0 bridgehead atoms. The highest BCUT2D eigenvalue weighted by Gasteiger charge is 2.28. The number of fused-ring (bicyclic) bond motifs is 1. The minimum atomic E-state index is -4.13. The number of alkyl halides is 2. The van der Waals surface area contributed by atoms with Gasteiger partial charge in [-0.3, -0.25) is 0 Å². The molecule has 0 N–H and O–H groups in total. The second kappa shape index (κ2) is 9.80. The Bertz CT molecular complexity index is 1400. The van der Waals surface area contributed by atoms with Crippen molar-refractivity contribution in [3.8, 4) is 0 Å². The van der Waals surface area contributed by atoms with E-state index < -0.39 is 26.7 Å². The van der Waals surface area contributed by atoms with Crippen molar-refractivity contribution in [1.82, 2.24) is 13.5 Å². The predicted octanol–water partition coefficient (Wildman–Crippen LogP) is 2.98. The fourth-order valence-electron chi connectivity index (χ4n) is 4.05. The number of ether oxygens (including phenoxy) is 1. The number of hydrogen-bond acceptors (Lipinski definition) is 7. The van der Waals surface area contributed by atoms with E-state index in [1.165, 1.54) is 38.4 Å². The summed E-state index contributed by atoms with van der Waals surface area (Å²) < 4.78 is 82.7. The van der Waals surface area contributed by atoms with Crippen molar-refractivity contribution in [3.05, 3.63) is 48.5 Å². The number of para-hydroxylation sites is 1. The lowest BCUT2D eigenvalue weighted by Crippen LogP contribution is -2.35. The smallest absolute Gasteiger partial charge is 0.345 e. The Labute approximate surface area is 203 Å². The molecule has 0 spiro atoms. The van der Waals surface area contributed by atoms with Crippen LogP contribution in [-0.2, 0) is 24.8 Å². The van der Waals surface area contributed by atoms with Crippen LogP contribution in [0.3, 0.4) is 0 Å². The fourth-order valence-corrected chi connectivity index (χ4v) is 6.24. The highest BCUT2D eigenvalue weighted by atomic mass is 32.2. The van der Waals surface area contributed by atoms with Gasteiger partial charge in [-0.2, -0.15) is 21.3 Å². The first-order valence-electron chi connectivity index (χ1n) is 10.9. The van der Waals surface area contributed by atoms with Crippen LogP contribution in [0.15, 0.2) is 58.3 Å². The topological polar surface area (TPSA) is 102 Å². The van der Waals surface area contributed by atoms with Crippen LogP contribution in [0.2, 0.25) is 0 Å². The molecule has 1 aliphatic rings. The van der Waals surface area contributed by atoms with Gasteiger partial charge in [-0.15, -0.1) is 5.10 Å². The lowest BCUT2D eigenvalue weighted by atomic mass is 9.97. The van der Waals surface area contributed by atoms with Crippen LogP contribution in [0.25, 0.3) is 10.9 Å². The van der Waals surface area contributed by atoms with E-state index in [1.807, 2.05) is 4.90 Å². The largest absolute Gasteiger partial charge is 0.355 e. The maximum Gasteiger partial charge on any atom is 0.345 e. The molecule has 0 atom stereocenters. The van der Waals surface area contributed by atoms with E-state index in [-0.39, 0.29) is 22.3 Å². The van der Waals surface area contributed by atoms with Crippen LogP contribution in [0.4, 0.5) is 14.6 Å². The molecule has 9 nitrogen and oxygen atoms in total. The molecule has 1 fully saturated rings. The molecule has 13 heteroatoms. The number of anilines is 1. The molecule has 0 aliphatic carbocycles. The standard InChI is InChI=1S/C22H26F2N4O5S2/c1-26(2)34(29,30)17-7-9-18(10-8-17)35(31,32)28-20-6-4-3-5-19(20)21(25-28)27-13-11-16(12-14-27)15-33-22(23)24/h3-10,16,22H,11-15H2,1-2H3. The van der Waals surface area contributed by atoms with Crippen molar-refractivity contribution in [1.29, 1.82) is 0 Å². The minimum absolute atomic E-state index is 0.00529. The summed E-state index contributed by atoms with van der Waals surface area (Å²) in [5.41, 5.74) is 0.385. The third-order valence-corrected chi connectivity index (χ3v) is 9.47. The fraction of sp³-hybridized carbons (Fsp3) is 0.409. The molecule has 35 heavy (non-hydrogen) atoms. The monoisotopic (exact) mass is 528 g/mol. The zero-order valence-electron chi connectivity index (χ0n) is 19.2. The molecular formula is C22H26F2N4O5S2. The summed E-state index contributed by atoms with van der Waals surface area (Å²) in [5, 5.41) is 5.08. The van der Waals surface area contributed by atoms with Crippen molar-refractivity contribution in [2.24, 2.45) is 5.92 Å². The Kier molecular flexibility index (Phi) is 7.13. The molecule has 4 rings (SSSR count). The quantitative estimate of drug-likeness (QED) is 0.443. The normalized spacial score (nSPS) is 16.0. The molecular weight excluding hydrogens is 502 g/mol. The number of benzene rings is 2. The number of aromatic nitrogens is 2. The number of piperidine rings is 1. The molecule has 190 valence electrons. The summed E-state index contributed by atoms with van der Waals surface area (Å²) in [7, 11) is -5.04. The molecule has 0 radical (unpaired) electrons. The van der Waals surface area contributed by atoms with Gasteiger partial charge in [-0.25, -0.2) is 12.7 Å². The Morgan fingerprint density at radius 1 is 1.00 bits per heavy atom. The zero-order valence-corrected chi connectivity index (χ0v) is 20.8. The lowest BCUT2D eigenvalue weighted by Gasteiger charge is -2.32. The van der Waals surface area contributed by atoms with Crippen LogP contribution in [-0.4, -0.2) is 70.7 Å². The maximum atomic E-state index is 13.5. The molecule has 1 aromatic heterocycles. The van der Waals surface area contributed by atoms with E-state index in [4.69, 9.17) is 0 Å². The minimum Gasteiger partial charge on any atom is -0.355 e. The predicted molar refractivity (Wildman–Crippen MR) is 127 cm³/mol. The van der Waals surface area contributed by atoms with Crippen molar-refractivity contribution in [3.63, 3.8) is 0 Å². The van der Waals surface area contributed by atoms with Crippen LogP contribution in [0.5, 0.6) is 0 Å². The molecule has 0 unspecified atom stereocenters. The maximum absolute atomic E-state index is 13.5. The Morgan fingerprint density at radius 3 is 2.20 bits per heavy atom. The summed E-state index contributed by atoms with van der Waals surface area (Å²) in [5.74, 6) is 0.485. The highest BCUT2D eigenvalue weighted by molar-refractivity contribution is 7.90. The van der Waals surface area contributed by atoms with Gasteiger partial charge in [0, 0.05) is 32.6 Å². The summed E-state index contributed by atoms with van der Waals surface area (Å²) in [6, 6.07) is 11.9. The van der Waals surface area contributed by atoms with Gasteiger partial charge in [0.1, 0.15) is 0 Å². The Morgan fingerprint density at radius 2 is 1.60 bits per heavy atom. The average molecular weight is 529 g/mol. The first-order chi connectivity index (χ1) is 16.5. The van der Waals surface area contributed by atoms with Crippen molar-refractivity contribution >= 4 is 36.8 Å². The van der Waals surface area contributed by atoms with Gasteiger partial charge in [0.25, 0.3) is 10.0 Å². The van der Waals surface area contributed by atoms with Gasteiger partial charge in [-0.1, -0.05) is 12.1 Å². The van der Waals surface area contributed by atoms with E-state index in [0.717, 1.165) is 8.39 Å². The zero-order chi connectivity index (χ0) is 25.4. The van der Waals surface area contributed by atoms with Gasteiger partial charge in [0.15, 0.2) is 5.82 Å².